The predicted octanol–water partition coefficient (Wildman–Crippen LogP) is 3.39. The fraction of sp³-hybridized carbons (Fsp3) is 0.600. The third-order valence-corrected chi connectivity index (χ3v) is 5.43. The minimum Gasteiger partial charge on any atom is -0.497 e. The van der Waals surface area contributed by atoms with Gasteiger partial charge in [-0.1, -0.05) is 25.3 Å². The lowest BCUT2D eigenvalue weighted by molar-refractivity contribution is -0.127. The van der Waals surface area contributed by atoms with Gasteiger partial charge in [-0.15, -0.1) is 0 Å². The maximum Gasteiger partial charge on any atom is 0.321 e. The van der Waals surface area contributed by atoms with Crippen LogP contribution in [0, 0.1) is 5.92 Å². The fourth-order valence-electron chi connectivity index (χ4n) is 3.81. The summed E-state index contributed by atoms with van der Waals surface area (Å²) in [4.78, 5) is 26.7. The Morgan fingerprint density at radius 3 is 2.50 bits per heavy atom. The van der Waals surface area contributed by atoms with Crippen LogP contribution in [0.3, 0.4) is 0 Å². The Morgan fingerprint density at radius 2 is 1.81 bits per heavy atom. The zero-order valence-electron chi connectivity index (χ0n) is 15.5. The van der Waals surface area contributed by atoms with Crippen LogP contribution in [0.2, 0.25) is 0 Å². The Balaban J connectivity index is 1.45. The number of carbonyl (C=O) groups excluding carboxylic acids is 2. The molecule has 1 heterocycles. The van der Waals surface area contributed by atoms with E-state index in [2.05, 4.69) is 10.6 Å². The normalized spacial score (nSPS) is 19.0. The van der Waals surface area contributed by atoms with Gasteiger partial charge in [-0.25, -0.2) is 4.79 Å². The molecule has 0 atom stereocenters. The maximum absolute atomic E-state index is 12.5. The van der Waals surface area contributed by atoms with Crippen LogP contribution in [-0.2, 0) is 4.79 Å². The number of urea groups is 1. The first-order valence-corrected chi connectivity index (χ1v) is 9.66. The first-order valence-electron chi connectivity index (χ1n) is 9.66. The Hall–Kier alpha value is -2.24. The second kappa shape index (κ2) is 8.92. The topological polar surface area (TPSA) is 70.7 Å². The molecule has 1 saturated heterocycles. The molecule has 0 unspecified atom stereocenters. The van der Waals surface area contributed by atoms with E-state index in [1.165, 1.54) is 19.3 Å². The first kappa shape index (κ1) is 18.5. The molecule has 26 heavy (non-hydrogen) atoms. The number of likely N-dealkylation sites (tertiary alicyclic amines) is 1. The van der Waals surface area contributed by atoms with Gasteiger partial charge in [-0.3, -0.25) is 4.79 Å². The molecule has 6 nitrogen and oxygen atoms in total. The van der Waals surface area contributed by atoms with E-state index in [9.17, 15) is 9.59 Å². The van der Waals surface area contributed by atoms with Crippen LogP contribution >= 0.6 is 0 Å². The van der Waals surface area contributed by atoms with Crippen molar-refractivity contribution >= 4 is 17.6 Å². The maximum atomic E-state index is 12.5. The molecule has 1 aliphatic carbocycles. The van der Waals surface area contributed by atoms with Crippen LogP contribution in [0.15, 0.2) is 24.3 Å². The van der Waals surface area contributed by atoms with Gasteiger partial charge in [0.1, 0.15) is 5.75 Å². The molecule has 1 aliphatic heterocycles. The molecule has 2 N–H and O–H groups in total. The van der Waals surface area contributed by atoms with Crippen molar-refractivity contribution in [1.82, 2.24) is 10.2 Å². The molecule has 6 heteroatoms. The Morgan fingerprint density at radius 1 is 1.08 bits per heavy atom. The van der Waals surface area contributed by atoms with Crippen molar-refractivity contribution in [1.29, 1.82) is 0 Å². The van der Waals surface area contributed by atoms with Gasteiger partial charge in [-0.05, 0) is 37.8 Å². The molecule has 0 bridgehead atoms. The number of nitrogens with one attached hydrogen (secondary N) is 2. The third-order valence-electron chi connectivity index (χ3n) is 5.43. The number of hydrogen-bond acceptors (Lipinski definition) is 3. The fourth-order valence-corrected chi connectivity index (χ4v) is 3.81. The van der Waals surface area contributed by atoms with E-state index in [4.69, 9.17) is 4.74 Å². The molecule has 0 spiro atoms. The van der Waals surface area contributed by atoms with E-state index in [0.717, 1.165) is 25.7 Å². The molecule has 3 amide bonds. The van der Waals surface area contributed by atoms with Crippen LogP contribution < -0.4 is 15.4 Å². The van der Waals surface area contributed by atoms with Gasteiger partial charge in [0.25, 0.3) is 0 Å². The van der Waals surface area contributed by atoms with Crippen molar-refractivity contribution < 1.29 is 14.3 Å². The summed E-state index contributed by atoms with van der Waals surface area (Å²) in [7, 11) is 1.60. The highest BCUT2D eigenvalue weighted by Gasteiger charge is 2.28. The molecule has 1 aromatic carbocycles. The van der Waals surface area contributed by atoms with Crippen molar-refractivity contribution in [2.75, 3.05) is 25.5 Å². The van der Waals surface area contributed by atoms with Gasteiger partial charge in [-0.2, -0.15) is 0 Å². The molecule has 2 fully saturated rings. The summed E-state index contributed by atoms with van der Waals surface area (Å²) in [5, 5.41) is 6.12. The highest BCUT2D eigenvalue weighted by molar-refractivity contribution is 5.89. The Bertz CT molecular complexity index is 620. The summed E-state index contributed by atoms with van der Waals surface area (Å²) in [6, 6.07) is 7.55. The van der Waals surface area contributed by atoms with Gasteiger partial charge < -0.3 is 20.3 Å². The summed E-state index contributed by atoms with van der Waals surface area (Å²) in [6.07, 6.45) is 7.38. The average molecular weight is 359 g/mol. The van der Waals surface area contributed by atoms with Crippen LogP contribution in [0.1, 0.15) is 44.9 Å². The Kier molecular flexibility index (Phi) is 6.36. The smallest absolute Gasteiger partial charge is 0.321 e. The zero-order valence-corrected chi connectivity index (χ0v) is 15.5. The standard InChI is InChI=1S/C20H29N3O3/c1-26-18-9-5-8-17(14-18)22-20(25)23-12-10-15(11-13-23)19(24)21-16-6-3-2-4-7-16/h5,8-9,14-16H,2-4,6-7,10-13H2,1H3,(H,21,24)(H,22,25). The van der Waals surface area contributed by atoms with Crippen LogP contribution in [0.4, 0.5) is 10.5 Å². The average Bonchev–Trinajstić information content (AvgIpc) is 2.69. The monoisotopic (exact) mass is 359 g/mol. The molecular weight excluding hydrogens is 330 g/mol. The number of nitrogens with zero attached hydrogens (tertiary/aromatic N) is 1. The summed E-state index contributed by atoms with van der Waals surface area (Å²) >= 11 is 0. The van der Waals surface area contributed by atoms with E-state index in [0.29, 0.717) is 30.6 Å². The number of ether oxygens (including phenoxy) is 1. The van der Waals surface area contributed by atoms with Gasteiger partial charge in [0.05, 0.1) is 7.11 Å². The second-order valence-corrected chi connectivity index (χ2v) is 7.27. The quantitative estimate of drug-likeness (QED) is 0.866. The summed E-state index contributed by atoms with van der Waals surface area (Å²) in [5.74, 6) is 0.906. The van der Waals surface area contributed by atoms with Gasteiger partial charge in [0.15, 0.2) is 0 Å². The van der Waals surface area contributed by atoms with Crippen LogP contribution in [0.5, 0.6) is 5.75 Å². The second-order valence-electron chi connectivity index (χ2n) is 7.27. The van der Waals surface area contributed by atoms with Gasteiger partial charge >= 0.3 is 6.03 Å². The number of carbonyl (C=O) groups is 2. The van der Waals surface area contributed by atoms with Crippen molar-refractivity contribution in [3.8, 4) is 5.75 Å². The minimum absolute atomic E-state index is 0.0257. The van der Waals surface area contributed by atoms with Crippen LogP contribution in [-0.4, -0.2) is 43.1 Å². The Labute approximate surface area is 155 Å². The number of rotatable bonds is 4. The number of amides is 3. The third kappa shape index (κ3) is 4.90. The number of benzene rings is 1. The van der Waals surface area contributed by atoms with E-state index in [1.807, 2.05) is 18.2 Å². The number of methoxy groups -OCH3 is 1. The van der Waals surface area contributed by atoms with Crippen molar-refractivity contribution in [2.24, 2.45) is 5.92 Å². The highest BCUT2D eigenvalue weighted by Crippen LogP contribution is 2.22. The van der Waals surface area contributed by atoms with Crippen LogP contribution in [0.25, 0.3) is 0 Å². The molecule has 3 rings (SSSR count). The lowest BCUT2D eigenvalue weighted by Gasteiger charge is -2.32. The van der Waals surface area contributed by atoms with E-state index >= 15 is 0 Å². The van der Waals surface area contributed by atoms with Gasteiger partial charge in [0.2, 0.25) is 5.91 Å². The van der Waals surface area contributed by atoms with E-state index in [1.54, 1.807) is 18.1 Å². The first-order chi connectivity index (χ1) is 12.7. The number of anilines is 1. The van der Waals surface area contributed by atoms with E-state index in [-0.39, 0.29) is 17.9 Å². The molecular formula is C20H29N3O3. The molecule has 0 radical (unpaired) electrons. The lowest BCUT2D eigenvalue weighted by Crippen LogP contribution is -2.46. The number of hydrogen-bond donors (Lipinski definition) is 2. The summed E-state index contributed by atoms with van der Waals surface area (Å²) in [5.41, 5.74) is 0.714. The molecule has 0 aromatic heterocycles. The molecule has 1 saturated carbocycles. The molecule has 142 valence electrons. The summed E-state index contributed by atoms with van der Waals surface area (Å²) in [6.45, 7) is 1.22. The van der Waals surface area contributed by atoms with E-state index < -0.39 is 0 Å². The SMILES string of the molecule is COc1cccc(NC(=O)N2CCC(C(=O)NC3CCCCC3)CC2)c1. The zero-order chi connectivity index (χ0) is 18.4. The summed E-state index contributed by atoms with van der Waals surface area (Å²) < 4.78 is 5.18. The number of piperidine rings is 1. The van der Waals surface area contributed by atoms with Gasteiger partial charge in [0, 0.05) is 36.8 Å². The molecule has 2 aliphatic rings. The lowest BCUT2D eigenvalue weighted by atomic mass is 9.92. The predicted molar refractivity (Wildman–Crippen MR) is 101 cm³/mol. The highest BCUT2D eigenvalue weighted by atomic mass is 16.5. The van der Waals surface area contributed by atoms with Crippen molar-refractivity contribution in [3.63, 3.8) is 0 Å². The minimum atomic E-state index is -0.121. The van der Waals surface area contributed by atoms with Crippen molar-refractivity contribution in [2.45, 2.75) is 51.0 Å². The molecule has 1 aromatic rings. The largest absolute Gasteiger partial charge is 0.497 e. The van der Waals surface area contributed by atoms with Crippen molar-refractivity contribution in [3.05, 3.63) is 24.3 Å².